The lowest BCUT2D eigenvalue weighted by molar-refractivity contribution is -0.131. The molecule has 0 bridgehead atoms. The van der Waals surface area contributed by atoms with E-state index in [0.29, 0.717) is 6.42 Å². The Morgan fingerprint density at radius 2 is 2.10 bits per heavy atom. The van der Waals surface area contributed by atoms with Gasteiger partial charge in [0.15, 0.2) is 0 Å². The van der Waals surface area contributed by atoms with E-state index < -0.39 is 0 Å². The number of aromatic nitrogens is 1. The Morgan fingerprint density at radius 3 is 2.81 bits per heavy atom. The van der Waals surface area contributed by atoms with Crippen molar-refractivity contribution in [3.8, 4) is 0 Å². The van der Waals surface area contributed by atoms with Gasteiger partial charge < -0.3 is 4.90 Å². The lowest BCUT2D eigenvalue weighted by Crippen LogP contribution is -2.31. The van der Waals surface area contributed by atoms with Crippen LogP contribution in [0.3, 0.4) is 0 Å². The van der Waals surface area contributed by atoms with E-state index in [2.05, 4.69) is 4.98 Å². The molecule has 1 aliphatic rings. The Bertz CT molecular complexity index is 612. The molecule has 3 rings (SSSR count). The third-order valence-electron chi connectivity index (χ3n) is 3.91. The number of benzene rings is 1. The van der Waals surface area contributed by atoms with Crippen molar-refractivity contribution < 1.29 is 9.18 Å². The second-order valence-electron chi connectivity index (χ2n) is 5.33. The zero-order valence-corrected chi connectivity index (χ0v) is 11.7. The summed E-state index contributed by atoms with van der Waals surface area (Å²) in [5.41, 5.74) is 1.93. The van der Waals surface area contributed by atoms with E-state index in [0.717, 1.165) is 30.5 Å². The third kappa shape index (κ3) is 3.10. The van der Waals surface area contributed by atoms with E-state index in [1.807, 2.05) is 23.2 Å². The molecule has 2 aromatic rings. The molecule has 0 aliphatic carbocycles. The van der Waals surface area contributed by atoms with Crippen LogP contribution in [0, 0.1) is 5.82 Å². The normalized spacial score (nSPS) is 18.0. The van der Waals surface area contributed by atoms with Gasteiger partial charge >= 0.3 is 0 Å². The first-order valence-corrected chi connectivity index (χ1v) is 7.18. The summed E-state index contributed by atoms with van der Waals surface area (Å²) in [6.45, 7) is 0.777. The van der Waals surface area contributed by atoms with E-state index in [-0.39, 0.29) is 17.8 Å². The number of halogens is 1. The van der Waals surface area contributed by atoms with E-state index in [1.165, 1.54) is 12.1 Å². The second-order valence-corrected chi connectivity index (χ2v) is 5.33. The fourth-order valence-corrected chi connectivity index (χ4v) is 2.86. The van der Waals surface area contributed by atoms with Crippen LogP contribution in [0.25, 0.3) is 0 Å². The third-order valence-corrected chi connectivity index (χ3v) is 3.91. The summed E-state index contributed by atoms with van der Waals surface area (Å²) in [5.74, 6) is -0.187. The van der Waals surface area contributed by atoms with Crippen molar-refractivity contribution in [1.29, 1.82) is 0 Å². The number of pyridine rings is 1. The largest absolute Gasteiger partial charge is 0.335 e. The van der Waals surface area contributed by atoms with Crippen molar-refractivity contribution in [1.82, 2.24) is 9.88 Å². The van der Waals surface area contributed by atoms with E-state index >= 15 is 0 Å². The van der Waals surface area contributed by atoms with Gasteiger partial charge in [0.1, 0.15) is 5.82 Å². The molecule has 1 aliphatic heterocycles. The minimum Gasteiger partial charge on any atom is -0.335 e. The zero-order valence-electron chi connectivity index (χ0n) is 11.7. The fraction of sp³-hybridized carbons (Fsp3) is 0.294. The minimum atomic E-state index is -0.277. The average Bonchev–Trinajstić information content (AvgIpc) is 3.00. The molecule has 2 heterocycles. The first-order valence-electron chi connectivity index (χ1n) is 7.18. The van der Waals surface area contributed by atoms with Crippen LogP contribution in [0.5, 0.6) is 0 Å². The Morgan fingerprint density at radius 1 is 1.29 bits per heavy atom. The van der Waals surface area contributed by atoms with Gasteiger partial charge in [0, 0.05) is 18.9 Å². The maximum atomic E-state index is 12.9. The van der Waals surface area contributed by atoms with Gasteiger partial charge in [-0.1, -0.05) is 18.2 Å². The predicted octanol–water partition coefficient (Wildman–Crippen LogP) is 3.13. The van der Waals surface area contributed by atoms with Gasteiger partial charge in [0.05, 0.1) is 12.5 Å². The van der Waals surface area contributed by atoms with Crippen LogP contribution < -0.4 is 0 Å². The molecule has 21 heavy (non-hydrogen) atoms. The molecule has 1 saturated heterocycles. The van der Waals surface area contributed by atoms with Crippen LogP contribution in [0.1, 0.15) is 30.0 Å². The number of hydrogen-bond acceptors (Lipinski definition) is 2. The van der Waals surface area contributed by atoms with Crippen LogP contribution in [-0.4, -0.2) is 22.3 Å². The fourth-order valence-electron chi connectivity index (χ4n) is 2.86. The van der Waals surface area contributed by atoms with E-state index in [1.54, 1.807) is 18.3 Å². The molecule has 0 radical (unpaired) electrons. The van der Waals surface area contributed by atoms with Crippen LogP contribution in [-0.2, 0) is 11.2 Å². The standard InChI is InChI=1S/C17H17FN2O/c18-15-7-5-13(6-8-15)11-17(21)20-10-2-4-16(20)14-3-1-9-19-12-14/h1,3,5-9,12,16H,2,4,10-11H2. The average molecular weight is 284 g/mol. The highest BCUT2D eigenvalue weighted by Crippen LogP contribution is 2.31. The van der Waals surface area contributed by atoms with Gasteiger partial charge in [0.25, 0.3) is 0 Å². The SMILES string of the molecule is O=C(Cc1ccc(F)cc1)N1CCCC1c1cccnc1. The molecule has 4 heteroatoms. The van der Waals surface area contributed by atoms with Gasteiger partial charge in [-0.25, -0.2) is 4.39 Å². The number of carbonyl (C=O) groups is 1. The van der Waals surface area contributed by atoms with Crippen molar-refractivity contribution in [2.24, 2.45) is 0 Å². The van der Waals surface area contributed by atoms with Crippen molar-refractivity contribution in [2.75, 3.05) is 6.54 Å². The lowest BCUT2D eigenvalue weighted by atomic mass is 10.1. The number of amides is 1. The molecular weight excluding hydrogens is 267 g/mol. The summed E-state index contributed by atoms with van der Waals surface area (Å²) in [7, 11) is 0. The van der Waals surface area contributed by atoms with E-state index in [9.17, 15) is 9.18 Å². The lowest BCUT2D eigenvalue weighted by Gasteiger charge is -2.25. The Labute approximate surface area is 123 Å². The van der Waals surface area contributed by atoms with Gasteiger partial charge in [-0.2, -0.15) is 0 Å². The maximum Gasteiger partial charge on any atom is 0.227 e. The molecule has 108 valence electrons. The van der Waals surface area contributed by atoms with Gasteiger partial charge in [-0.05, 0) is 42.2 Å². The molecule has 1 atom stereocenters. The number of likely N-dealkylation sites (tertiary alicyclic amines) is 1. The van der Waals surface area contributed by atoms with Gasteiger partial charge in [0.2, 0.25) is 5.91 Å². The highest BCUT2D eigenvalue weighted by Gasteiger charge is 2.29. The van der Waals surface area contributed by atoms with Crippen LogP contribution >= 0.6 is 0 Å². The first kappa shape index (κ1) is 13.7. The highest BCUT2D eigenvalue weighted by molar-refractivity contribution is 5.79. The molecule has 1 aromatic carbocycles. The molecule has 0 N–H and O–H groups in total. The minimum absolute atomic E-state index is 0.0907. The monoisotopic (exact) mass is 284 g/mol. The summed E-state index contributed by atoms with van der Waals surface area (Å²) in [6, 6.07) is 10.2. The van der Waals surface area contributed by atoms with Crippen molar-refractivity contribution >= 4 is 5.91 Å². The topological polar surface area (TPSA) is 33.2 Å². The smallest absolute Gasteiger partial charge is 0.227 e. The van der Waals surface area contributed by atoms with Crippen molar-refractivity contribution in [2.45, 2.75) is 25.3 Å². The quantitative estimate of drug-likeness (QED) is 0.867. The van der Waals surface area contributed by atoms with Gasteiger partial charge in [-0.15, -0.1) is 0 Å². The molecule has 0 saturated carbocycles. The molecule has 1 aromatic heterocycles. The summed E-state index contributed by atoms with van der Waals surface area (Å²) >= 11 is 0. The van der Waals surface area contributed by atoms with E-state index in [4.69, 9.17) is 0 Å². The molecule has 1 unspecified atom stereocenters. The summed E-state index contributed by atoms with van der Waals surface area (Å²) in [5, 5.41) is 0. The first-order chi connectivity index (χ1) is 10.2. The van der Waals surface area contributed by atoms with Crippen LogP contribution in [0.15, 0.2) is 48.8 Å². The molecule has 3 nitrogen and oxygen atoms in total. The maximum absolute atomic E-state index is 12.9. The number of rotatable bonds is 3. The van der Waals surface area contributed by atoms with Crippen LogP contribution in [0.4, 0.5) is 4.39 Å². The summed E-state index contributed by atoms with van der Waals surface area (Å²) in [6.07, 6.45) is 5.86. The second kappa shape index (κ2) is 6.04. The predicted molar refractivity (Wildman–Crippen MR) is 78.0 cm³/mol. The zero-order chi connectivity index (χ0) is 14.7. The van der Waals surface area contributed by atoms with Crippen LogP contribution in [0.2, 0.25) is 0 Å². The van der Waals surface area contributed by atoms with Crippen molar-refractivity contribution in [3.05, 3.63) is 65.7 Å². The Hall–Kier alpha value is -2.23. The molecule has 1 amide bonds. The molecule has 1 fully saturated rings. The summed E-state index contributed by atoms with van der Waals surface area (Å²) < 4.78 is 12.9. The number of nitrogens with zero attached hydrogens (tertiary/aromatic N) is 2. The highest BCUT2D eigenvalue weighted by atomic mass is 19.1. The Kier molecular flexibility index (Phi) is 3.95. The van der Waals surface area contributed by atoms with Crippen molar-refractivity contribution in [3.63, 3.8) is 0 Å². The van der Waals surface area contributed by atoms with Gasteiger partial charge in [-0.3, -0.25) is 9.78 Å². The number of carbonyl (C=O) groups excluding carboxylic acids is 1. The molecule has 0 spiro atoms. The summed E-state index contributed by atoms with van der Waals surface area (Å²) in [4.78, 5) is 18.5. The Balaban J connectivity index is 1.73. The number of hydrogen-bond donors (Lipinski definition) is 0. The molecular formula is C17H17FN2O.